The van der Waals surface area contributed by atoms with Gasteiger partial charge in [0.2, 0.25) is 5.91 Å². The van der Waals surface area contributed by atoms with Crippen molar-refractivity contribution in [3.8, 4) is 0 Å². The zero-order valence-corrected chi connectivity index (χ0v) is 14.7. The molecule has 0 atom stereocenters. The van der Waals surface area contributed by atoms with Gasteiger partial charge in [0, 0.05) is 40.7 Å². The van der Waals surface area contributed by atoms with Gasteiger partial charge < -0.3 is 5.32 Å². The van der Waals surface area contributed by atoms with E-state index in [1.165, 1.54) is 6.08 Å². The molecule has 1 amide bonds. The van der Waals surface area contributed by atoms with E-state index in [4.69, 9.17) is 0 Å². The third-order valence-electron chi connectivity index (χ3n) is 3.86. The Hall–Kier alpha value is -3.01. The molecule has 0 aliphatic carbocycles. The molecular formula is C21H21N3O. The van der Waals surface area contributed by atoms with E-state index in [2.05, 4.69) is 36.1 Å². The molecule has 0 bridgehead atoms. The Labute approximate surface area is 147 Å². The number of carbonyl (C=O) groups excluding carboxylic acids is 1. The van der Waals surface area contributed by atoms with E-state index in [1.807, 2.05) is 42.5 Å². The average molecular weight is 331 g/mol. The summed E-state index contributed by atoms with van der Waals surface area (Å²) in [6.45, 7) is 6.37. The van der Waals surface area contributed by atoms with Crippen LogP contribution in [0.1, 0.15) is 32.0 Å². The number of carbonyl (C=O) groups is 1. The minimum absolute atomic E-state index is 0.0176. The van der Waals surface area contributed by atoms with Crippen LogP contribution in [-0.2, 0) is 10.2 Å². The fraction of sp³-hybridized carbons (Fsp3) is 0.190. The van der Waals surface area contributed by atoms with E-state index in [9.17, 15) is 4.79 Å². The molecule has 126 valence electrons. The number of pyridine rings is 2. The Kier molecular flexibility index (Phi) is 4.61. The van der Waals surface area contributed by atoms with Crippen molar-refractivity contribution in [3.63, 3.8) is 0 Å². The minimum Gasteiger partial charge on any atom is -0.322 e. The van der Waals surface area contributed by atoms with Gasteiger partial charge >= 0.3 is 0 Å². The van der Waals surface area contributed by atoms with Crippen LogP contribution in [-0.4, -0.2) is 15.9 Å². The van der Waals surface area contributed by atoms with E-state index >= 15 is 0 Å². The quantitative estimate of drug-likeness (QED) is 0.715. The SMILES string of the molecule is CC(C)(C)c1ccc(/C=C/C(=O)Nc2ccc3cccnc3c2)cn1. The fourth-order valence-corrected chi connectivity index (χ4v) is 2.45. The maximum absolute atomic E-state index is 12.1. The lowest BCUT2D eigenvalue weighted by molar-refractivity contribution is -0.111. The van der Waals surface area contributed by atoms with Crippen LogP contribution in [0.5, 0.6) is 0 Å². The number of hydrogen-bond donors (Lipinski definition) is 1. The van der Waals surface area contributed by atoms with Crippen LogP contribution in [0.25, 0.3) is 17.0 Å². The van der Waals surface area contributed by atoms with Crippen molar-refractivity contribution >= 4 is 28.6 Å². The molecule has 2 aromatic heterocycles. The van der Waals surface area contributed by atoms with Crippen LogP contribution < -0.4 is 5.32 Å². The number of hydrogen-bond acceptors (Lipinski definition) is 3. The van der Waals surface area contributed by atoms with E-state index in [1.54, 1.807) is 18.5 Å². The van der Waals surface area contributed by atoms with Crippen LogP contribution in [0.4, 0.5) is 5.69 Å². The lowest BCUT2D eigenvalue weighted by Gasteiger charge is -2.17. The third kappa shape index (κ3) is 4.29. The molecule has 2 heterocycles. The van der Waals surface area contributed by atoms with E-state index in [-0.39, 0.29) is 11.3 Å². The van der Waals surface area contributed by atoms with Gasteiger partial charge in [-0.05, 0) is 35.9 Å². The number of nitrogens with zero attached hydrogens (tertiary/aromatic N) is 2. The highest BCUT2D eigenvalue weighted by Gasteiger charge is 2.14. The van der Waals surface area contributed by atoms with Gasteiger partial charge in [-0.25, -0.2) is 0 Å². The van der Waals surface area contributed by atoms with E-state index < -0.39 is 0 Å². The molecule has 25 heavy (non-hydrogen) atoms. The molecule has 1 aromatic carbocycles. The molecule has 0 saturated heterocycles. The highest BCUT2D eigenvalue weighted by molar-refractivity contribution is 6.02. The van der Waals surface area contributed by atoms with Gasteiger partial charge in [0.25, 0.3) is 0 Å². The summed E-state index contributed by atoms with van der Waals surface area (Å²) in [4.78, 5) is 20.9. The largest absolute Gasteiger partial charge is 0.322 e. The second-order valence-corrected chi connectivity index (χ2v) is 6.96. The van der Waals surface area contributed by atoms with Crippen LogP contribution in [0.3, 0.4) is 0 Å². The van der Waals surface area contributed by atoms with Crippen molar-refractivity contribution < 1.29 is 4.79 Å². The molecule has 0 fully saturated rings. The van der Waals surface area contributed by atoms with Crippen molar-refractivity contribution in [3.05, 3.63) is 72.2 Å². The molecule has 3 rings (SSSR count). The highest BCUT2D eigenvalue weighted by Crippen LogP contribution is 2.20. The summed E-state index contributed by atoms with van der Waals surface area (Å²) < 4.78 is 0. The molecule has 0 saturated carbocycles. The first kappa shape index (κ1) is 16.8. The Balaban J connectivity index is 1.67. The first-order valence-corrected chi connectivity index (χ1v) is 8.22. The minimum atomic E-state index is -0.185. The third-order valence-corrected chi connectivity index (χ3v) is 3.86. The summed E-state index contributed by atoms with van der Waals surface area (Å²) in [7, 11) is 0. The van der Waals surface area contributed by atoms with Crippen molar-refractivity contribution in [1.82, 2.24) is 9.97 Å². The van der Waals surface area contributed by atoms with Crippen molar-refractivity contribution in [2.45, 2.75) is 26.2 Å². The van der Waals surface area contributed by atoms with Crippen molar-refractivity contribution in [2.75, 3.05) is 5.32 Å². The molecule has 4 heteroatoms. The fourth-order valence-electron chi connectivity index (χ4n) is 2.45. The topological polar surface area (TPSA) is 54.9 Å². The molecule has 0 aliphatic rings. The molecule has 1 N–H and O–H groups in total. The van der Waals surface area contributed by atoms with Gasteiger partial charge in [0.05, 0.1) is 5.52 Å². The first-order valence-electron chi connectivity index (χ1n) is 8.22. The summed E-state index contributed by atoms with van der Waals surface area (Å²) >= 11 is 0. The predicted octanol–water partition coefficient (Wildman–Crippen LogP) is 4.58. The van der Waals surface area contributed by atoms with Crippen LogP contribution in [0.15, 0.2) is 60.9 Å². The number of fused-ring (bicyclic) bond motifs is 1. The predicted molar refractivity (Wildman–Crippen MR) is 102 cm³/mol. The molecule has 0 radical (unpaired) electrons. The summed E-state index contributed by atoms with van der Waals surface area (Å²) in [5.74, 6) is -0.185. The normalized spacial score (nSPS) is 11.8. The number of anilines is 1. The van der Waals surface area contributed by atoms with Crippen LogP contribution >= 0.6 is 0 Å². The summed E-state index contributed by atoms with van der Waals surface area (Å²) in [5.41, 5.74) is 3.51. The maximum atomic E-state index is 12.1. The average Bonchev–Trinajstić information content (AvgIpc) is 2.59. The van der Waals surface area contributed by atoms with Crippen LogP contribution in [0.2, 0.25) is 0 Å². The summed E-state index contributed by atoms with van der Waals surface area (Å²) in [6.07, 6.45) is 6.79. The Morgan fingerprint density at radius 2 is 1.92 bits per heavy atom. The van der Waals surface area contributed by atoms with E-state index in [0.29, 0.717) is 0 Å². The Morgan fingerprint density at radius 3 is 2.64 bits per heavy atom. The number of rotatable bonds is 3. The van der Waals surface area contributed by atoms with Gasteiger partial charge in [-0.15, -0.1) is 0 Å². The van der Waals surface area contributed by atoms with Gasteiger partial charge in [-0.3, -0.25) is 14.8 Å². The van der Waals surface area contributed by atoms with Gasteiger partial charge in [-0.2, -0.15) is 0 Å². The standard InChI is InChI=1S/C21H21N3O/c1-21(2,3)19-10-6-15(14-23-19)7-11-20(25)24-17-9-8-16-5-4-12-22-18(16)13-17/h4-14H,1-3H3,(H,24,25)/b11-7+. The summed E-state index contributed by atoms with van der Waals surface area (Å²) in [6, 6.07) is 13.5. The van der Waals surface area contributed by atoms with Crippen molar-refractivity contribution in [2.24, 2.45) is 0 Å². The van der Waals surface area contributed by atoms with Crippen molar-refractivity contribution in [1.29, 1.82) is 0 Å². The lowest BCUT2D eigenvalue weighted by atomic mass is 9.91. The number of nitrogens with one attached hydrogen (secondary N) is 1. The monoisotopic (exact) mass is 331 g/mol. The number of aromatic nitrogens is 2. The summed E-state index contributed by atoms with van der Waals surface area (Å²) in [5, 5.41) is 3.90. The molecule has 0 spiro atoms. The number of amides is 1. The Bertz CT molecular complexity index is 922. The Morgan fingerprint density at radius 1 is 1.08 bits per heavy atom. The lowest BCUT2D eigenvalue weighted by Crippen LogP contribution is -2.13. The zero-order valence-electron chi connectivity index (χ0n) is 14.7. The molecule has 4 nitrogen and oxygen atoms in total. The highest BCUT2D eigenvalue weighted by atomic mass is 16.1. The van der Waals surface area contributed by atoms with E-state index in [0.717, 1.165) is 27.8 Å². The number of benzene rings is 1. The molecule has 0 unspecified atom stereocenters. The zero-order chi connectivity index (χ0) is 17.9. The second-order valence-electron chi connectivity index (χ2n) is 6.96. The van der Waals surface area contributed by atoms with Gasteiger partial charge in [-0.1, -0.05) is 39.0 Å². The second kappa shape index (κ2) is 6.85. The van der Waals surface area contributed by atoms with Gasteiger partial charge in [0.1, 0.15) is 0 Å². The first-order chi connectivity index (χ1) is 11.9. The maximum Gasteiger partial charge on any atom is 0.248 e. The molecule has 0 aliphatic heterocycles. The van der Waals surface area contributed by atoms with Crippen LogP contribution in [0, 0.1) is 0 Å². The smallest absolute Gasteiger partial charge is 0.248 e. The molecule has 3 aromatic rings. The molecular weight excluding hydrogens is 310 g/mol. The van der Waals surface area contributed by atoms with Gasteiger partial charge in [0.15, 0.2) is 0 Å².